The molecule has 1 aromatic rings. The molecule has 3 rings (SSSR count). The molecule has 104 valence electrons. The van der Waals surface area contributed by atoms with Gasteiger partial charge in [-0.25, -0.2) is 9.78 Å². The molecule has 2 aliphatic rings. The topological polar surface area (TPSA) is 27.7 Å². The highest BCUT2D eigenvalue weighted by Crippen LogP contribution is 2.48. The highest BCUT2D eigenvalue weighted by Gasteiger charge is 2.48. The lowest BCUT2D eigenvalue weighted by molar-refractivity contribution is -0.439. The van der Waals surface area contributed by atoms with Gasteiger partial charge in [0.25, 0.3) is 0 Å². The van der Waals surface area contributed by atoms with Crippen LogP contribution in [0.2, 0.25) is 0 Å². The number of fused-ring (bicyclic) bond motifs is 1. The van der Waals surface area contributed by atoms with Crippen LogP contribution in [0, 0.1) is 5.41 Å². The fourth-order valence-corrected chi connectivity index (χ4v) is 3.13. The largest absolute Gasteiger partial charge is 0.349 e. The Kier molecular flexibility index (Phi) is 3.37. The summed E-state index contributed by atoms with van der Waals surface area (Å²) in [5.74, 6) is 0.491. The lowest BCUT2D eigenvalue weighted by atomic mass is 9.79. The van der Waals surface area contributed by atoms with Crippen LogP contribution < -0.4 is 0 Å². The molecule has 0 unspecified atom stereocenters. The lowest BCUT2D eigenvalue weighted by Crippen LogP contribution is -2.38. The number of ether oxygens (including phenoxy) is 1. The van der Waals surface area contributed by atoms with Crippen LogP contribution in [0.1, 0.15) is 56.8 Å². The first-order chi connectivity index (χ1) is 9.10. The van der Waals surface area contributed by atoms with Crippen molar-refractivity contribution >= 4 is 0 Å². The molecule has 2 saturated heterocycles. The van der Waals surface area contributed by atoms with E-state index in [-0.39, 0.29) is 17.8 Å². The van der Waals surface area contributed by atoms with Crippen LogP contribution in [-0.2, 0) is 14.5 Å². The summed E-state index contributed by atoms with van der Waals surface area (Å²) in [6.07, 6.45) is 1.82. The van der Waals surface area contributed by atoms with Crippen LogP contribution in [0.5, 0.6) is 0 Å². The Hall–Kier alpha value is -0.900. The molecule has 2 fully saturated rings. The second-order valence-corrected chi connectivity index (χ2v) is 6.28. The van der Waals surface area contributed by atoms with Crippen molar-refractivity contribution in [3.63, 3.8) is 0 Å². The average Bonchev–Trinajstić information content (AvgIpc) is 2.79. The third kappa shape index (κ3) is 2.31. The Morgan fingerprint density at radius 1 is 1.21 bits per heavy atom. The van der Waals surface area contributed by atoms with Gasteiger partial charge in [-0.05, 0) is 29.9 Å². The van der Waals surface area contributed by atoms with Gasteiger partial charge in [-0.15, -0.1) is 0 Å². The predicted molar refractivity (Wildman–Crippen MR) is 72.5 cm³/mol. The second kappa shape index (κ2) is 4.89. The fraction of sp³-hybridized carbons (Fsp3) is 0.625. The Balaban J connectivity index is 1.87. The highest BCUT2D eigenvalue weighted by atomic mass is 17.2. The molecule has 0 spiro atoms. The maximum Gasteiger partial charge on any atom is 0.196 e. The van der Waals surface area contributed by atoms with Gasteiger partial charge in [0.15, 0.2) is 6.29 Å². The van der Waals surface area contributed by atoms with Crippen molar-refractivity contribution in [1.29, 1.82) is 0 Å². The zero-order valence-corrected chi connectivity index (χ0v) is 11.9. The SMILES string of the molecule is CC(C)c1ccccc1[C@H]1C[C@]2(C)CCO[C@@H]2OO1. The minimum atomic E-state index is -0.199. The molecule has 0 aromatic heterocycles. The van der Waals surface area contributed by atoms with Crippen molar-refractivity contribution in [2.24, 2.45) is 5.41 Å². The fourth-order valence-electron chi connectivity index (χ4n) is 3.13. The maximum atomic E-state index is 5.61. The van der Waals surface area contributed by atoms with Crippen molar-refractivity contribution in [2.45, 2.75) is 51.9 Å². The van der Waals surface area contributed by atoms with Gasteiger partial charge in [-0.2, -0.15) is 0 Å². The zero-order valence-electron chi connectivity index (χ0n) is 11.9. The third-order valence-corrected chi connectivity index (χ3v) is 4.39. The van der Waals surface area contributed by atoms with Gasteiger partial charge in [0.1, 0.15) is 6.10 Å². The Morgan fingerprint density at radius 3 is 2.79 bits per heavy atom. The highest BCUT2D eigenvalue weighted by molar-refractivity contribution is 5.32. The number of hydrogen-bond donors (Lipinski definition) is 0. The van der Waals surface area contributed by atoms with Gasteiger partial charge >= 0.3 is 0 Å². The first-order valence-corrected chi connectivity index (χ1v) is 7.13. The van der Waals surface area contributed by atoms with E-state index in [0.29, 0.717) is 5.92 Å². The summed E-state index contributed by atoms with van der Waals surface area (Å²) in [7, 11) is 0. The van der Waals surface area contributed by atoms with Crippen LogP contribution >= 0.6 is 0 Å². The molecule has 3 nitrogen and oxygen atoms in total. The van der Waals surface area contributed by atoms with E-state index < -0.39 is 0 Å². The standard InChI is InChI=1S/C16H22O3/c1-11(2)12-6-4-5-7-13(12)14-10-16(3)8-9-17-15(16)19-18-14/h4-7,11,14-15H,8-10H2,1-3H3/t14-,15-,16+/m1/s1. The Morgan fingerprint density at radius 2 is 2.00 bits per heavy atom. The van der Waals surface area contributed by atoms with E-state index in [1.165, 1.54) is 11.1 Å². The van der Waals surface area contributed by atoms with E-state index in [9.17, 15) is 0 Å². The maximum absolute atomic E-state index is 5.61. The van der Waals surface area contributed by atoms with Crippen LogP contribution in [0.15, 0.2) is 24.3 Å². The molecular weight excluding hydrogens is 240 g/mol. The summed E-state index contributed by atoms with van der Waals surface area (Å²) in [4.78, 5) is 11.1. The molecule has 0 amide bonds. The quantitative estimate of drug-likeness (QED) is 0.755. The van der Waals surface area contributed by atoms with Gasteiger partial charge in [-0.1, -0.05) is 45.0 Å². The summed E-state index contributed by atoms with van der Waals surface area (Å²) in [6.45, 7) is 7.43. The molecule has 3 heteroatoms. The zero-order chi connectivity index (χ0) is 13.5. The molecule has 2 heterocycles. The molecule has 3 atom stereocenters. The van der Waals surface area contributed by atoms with Gasteiger partial charge in [0.05, 0.1) is 6.61 Å². The average molecular weight is 262 g/mol. The van der Waals surface area contributed by atoms with Crippen LogP contribution in [-0.4, -0.2) is 12.9 Å². The van der Waals surface area contributed by atoms with Gasteiger partial charge < -0.3 is 4.74 Å². The lowest BCUT2D eigenvalue weighted by Gasteiger charge is -2.38. The van der Waals surface area contributed by atoms with Crippen molar-refractivity contribution in [2.75, 3.05) is 6.61 Å². The van der Waals surface area contributed by atoms with Gasteiger partial charge in [-0.3, -0.25) is 0 Å². The summed E-state index contributed by atoms with van der Waals surface area (Å²) < 4.78 is 5.57. The molecule has 0 bridgehead atoms. The van der Waals surface area contributed by atoms with Crippen LogP contribution in [0.25, 0.3) is 0 Å². The van der Waals surface area contributed by atoms with Crippen molar-refractivity contribution in [3.8, 4) is 0 Å². The Bertz CT molecular complexity index is 457. The summed E-state index contributed by atoms with van der Waals surface area (Å²) >= 11 is 0. The third-order valence-electron chi connectivity index (χ3n) is 4.39. The first kappa shape index (κ1) is 13.1. The Labute approximate surface area is 114 Å². The first-order valence-electron chi connectivity index (χ1n) is 7.13. The second-order valence-electron chi connectivity index (χ2n) is 6.28. The van der Waals surface area contributed by atoms with E-state index in [1.807, 2.05) is 0 Å². The minimum Gasteiger partial charge on any atom is -0.349 e. The molecule has 1 aromatic carbocycles. The molecule has 0 radical (unpaired) electrons. The van der Waals surface area contributed by atoms with E-state index in [1.54, 1.807) is 0 Å². The molecule has 0 saturated carbocycles. The predicted octanol–water partition coefficient (Wildman–Crippen LogP) is 3.96. The molecule has 0 N–H and O–H groups in total. The summed E-state index contributed by atoms with van der Waals surface area (Å²) in [6, 6.07) is 8.50. The number of benzene rings is 1. The summed E-state index contributed by atoms with van der Waals surface area (Å²) in [5, 5.41) is 0. The van der Waals surface area contributed by atoms with Crippen molar-refractivity contribution in [3.05, 3.63) is 35.4 Å². The van der Waals surface area contributed by atoms with Crippen molar-refractivity contribution < 1.29 is 14.5 Å². The van der Waals surface area contributed by atoms with Gasteiger partial charge in [0.2, 0.25) is 0 Å². The van der Waals surface area contributed by atoms with Crippen LogP contribution in [0.3, 0.4) is 0 Å². The van der Waals surface area contributed by atoms with E-state index in [0.717, 1.165) is 19.4 Å². The molecular formula is C16H22O3. The van der Waals surface area contributed by atoms with Crippen LogP contribution in [0.4, 0.5) is 0 Å². The smallest absolute Gasteiger partial charge is 0.196 e. The molecule has 2 aliphatic heterocycles. The minimum absolute atomic E-state index is 0.0153. The van der Waals surface area contributed by atoms with E-state index in [4.69, 9.17) is 14.5 Å². The van der Waals surface area contributed by atoms with Gasteiger partial charge in [0, 0.05) is 5.41 Å². The summed E-state index contributed by atoms with van der Waals surface area (Å²) in [5.41, 5.74) is 2.67. The molecule has 19 heavy (non-hydrogen) atoms. The normalized spacial score (nSPS) is 34.5. The van der Waals surface area contributed by atoms with Crippen molar-refractivity contribution in [1.82, 2.24) is 0 Å². The van der Waals surface area contributed by atoms with E-state index in [2.05, 4.69) is 45.0 Å². The number of rotatable bonds is 2. The monoisotopic (exact) mass is 262 g/mol. The molecule has 0 aliphatic carbocycles. The van der Waals surface area contributed by atoms with E-state index >= 15 is 0 Å². The number of hydrogen-bond acceptors (Lipinski definition) is 3.